The van der Waals surface area contributed by atoms with Gasteiger partial charge in [0.05, 0.1) is 5.02 Å². The molecule has 1 saturated heterocycles. The number of hydrogen-bond donors (Lipinski definition) is 2. The third-order valence-electron chi connectivity index (χ3n) is 4.92. The van der Waals surface area contributed by atoms with Crippen molar-refractivity contribution in [1.82, 2.24) is 10.2 Å². The molecule has 156 valence electrons. The lowest BCUT2D eigenvalue weighted by Crippen LogP contribution is -2.28. The van der Waals surface area contributed by atoms with Crippen molar-refractivity contribution < 1.29 is 13.2 Å². The molecule has 0 bridgehead atoms. The molecule has 0 saturated carbocycles. The van der Waals surface area contributed by atoms with Gasteiger partial charge in [-0.05, 0) is 76.2 Å². The number of aryl methyl sites for hydroxylation is 1. The van der Waals surface area contributed by atoms with Gasteiger partial charge in [-0.2, -0.15) is 0 Å². The summed E-state index contributed by atoms with van der Waals surface area (Å²) in [6.45, 7) is 5.67. The van der Waals surface area contributed by atoms with E-state index < -0.39 is 10.0 Å². The Kier molecular flexibility index (Phi) is 7.16. The first-order chi connectivity index (χ1) is 13.8. The van der Waals surface area contributed by atoms with E-state index in [1.165, 1.54) is 31.0 Å². The Morgan fingerprint density at radius 2 is 1.79 bits per heavy atom. The van der Waals surface area contributed by atoms with Crippen molar-refractivity contribution in [2.45, 2.75) is 31.1 Å². The summed E-state index contributed by atoms with van der Waals surface area (Å²) in [5.74, 6) is -0.310. The highest BCUT2D eigenvalue weighted by Crippen LogP contribution is 2.25. The smallest absolute Gasteiger partial charge is 0.263 e. The van der Waals surface area contributed by atoms with Crippen molar-refractivity contribution in [1.29, 1.82) is 0 Å². The fraction of sp³-hybridized carbons (Fsp3) is 0.381. The Bertz CT molecular complexity index is 956. The molecule has 1 amide bonds. The van der Waals surface area contributed by atoms with Gasteiger partial charge < -0.3 is 10.2 Å². The van der Waals surface area contributed by atoms with E-state index in [4.69, 9.17) is 11.6 Å². The van der Waals surface area contributed by atoms with Crippen LogP contribution in [-0.2, 0) is 10.0 Å². The monoisotopic (exact) mass is 435 g/mol. The number of rotatable bonds is 8. The lowest BCUT2D eigenvalue weighted by Gasteiger charge is -2.14. The number of likely N-dealkylation sites (tertiary alicyclic amines) is 1. The molecule has 2 N–H and O–H groups in total. The van der Waals surface area contributed by atoms with Crippen LogP contribution in [0.4, 0.5) is 5.69 Å². The Hall–Kier alpha value is -2.09. The van der Waals surface area contributed by atoms with E-state index in [2.05, 4.69) is 14.9 Å². The molecule has 0 unspecified atom stereocenters. The van der Waals surface area contributed by atoms with Crippen LogP contribution in [0.15, 0.2) is 47.4 Å². The van der Waals surface area contributed by atoms with Crippen molar-refractivity contribution >= 4 is 33.2 Å². The first kappa shape index (κ1) is 21.6. The normalized spacial score (nSPS) is 14.7. The van der Waals surface area contributed by atoms with E-state index in [1.807, 2.05) is 19.1 Å². The minimum Gasteiger partial charge on any atom is -0.352 e. The SMILES string of the molecule is Cc1ccc(NS(=O)(=O)c2cc(C(=O)NCCCN3CCCC3)ccc2Cl)cc1. The van der Waals surface area contributed by atoms with Crippen molar-refractivity contribution in [2.24, 2.45) is 0 Å². The lowest BCUT2D eigenvalue weighted by molar-refractivity contribution is 0.0952. The molecule has 2 aromatic carbocycles. The molecule has 1 aliphatic rings. The van der Waals surface area contributed by atoms with Crippen molar-refractivity contribution in [3.8, 4) is 0 Å². The lowest BCUT2D eigenvalue weighted by atomic mass is 10.2. The number of benzene rings is 2. The van der Waals surface area contributed by atoms with Gasteiger partial charge in [-0.15, -0.1) is 0 Å². The van der Waals surface area contributed by atoms with Crippen LogP contribution in [0.25, 0.3) is 0 Å². The number of carbonyl (C=O) groups is 1. The summed E-state index contributed by atoms with van der Waals surface area (Å²) in [4.78, 5) is 14.7. The Morgan fingerprint density at radius 3 is 2.48 bits per heavy atom. The van der Waals surface area contributed by atoms with Crippen LogP contribution in [0.1, 0.15) is 35.2 Å². The van der Waals surface area contributed by atoms with Crippen LogP contribution in [0.5, 0.6) is 0 Å². The third-order valence-corrected chi connectivity index (χ3v) is 6.78. The average molecular weight is 436 g/mol. The van der Waals surface area contributed by atoms with Gasteiger partial charge >= 0.3 is 0 Å². The number of amides is 1. The second kappa shape index (κ2) is 9.61. The van der Waals surface area contributed by atoms with Gasteiger partial charge in [-0.3, -0.25) is 9.52 Å². The number of nitrogens with one attached hydrogen (secondary N) is 2. The van der Waals surface area contributed by atoms with Gasteiger partial charge in [-0.25, -0.2) is 8.42 Å². The van der Waals surface area contributed by atoms with Crippen molar-refractivity contribution in [3.63, 3.8) is 0 Å². The van der Waals surface area contributed by atoms with Crippen LogP contribution in [-0.4, -0.2) is 45.4 Å². The summed E-state index contributed by atoms with van der Waals surface area (Å²) in [7, 11) is -3.92. The number of sulfonamides is 1. The van der Waals surface area contributed by atoms with Crippen molar-refractivity contribution in [3.05, 3.63) is 58.6 Å². The van der Waals surface area contributed by atoms with E-state index in [0.29, 0.717) is 12.2 Å². The number of hydrogen-bond acceptors (Lipinski definition) is 4. The van der Waals surface area contributed by atoms with Crippen LogP contribution in [0.3, 0.4) is 0 Å². The molecule has 1 fully saturated rings. The topological polar surface area (TPSA) is 78.5 Å². The average Bonchev–Trinajstić information content (AvgIpc) is 3.20. The number of halogens is 1. The molecule has 8 heteroatoms. The fourth-order valence-corrected chi connectivity index (χ4v) is 4.88. The first-order valence-electron chi connectivity index (χ1n) is 9.75. The minimum absolute atomic E-state index is 0.0650. The zero-order chi connectivity index (χ0) is 20.9. The molecule has 3 rings (SSSR count). The number of anilines is 1. The van der Waals surface area contributed by atoms with Gasteiger partial charge in [0.2, 0.25) is 0 Å². The summed E-state index contributed by atoms with van der Waals surface area (Å²) in [5, 5.41) is 2.92. The second-order valence-corrected chi connectivity index (χ2v) is 9.33. The van der Waals surface area contributed by atoms with Crippen LogP contribution >= 0.6 is 11.6 Å². The standard InChI is InChI=1S/C21H26ClN3O3S/c1-16-5-8-18(9-6-16)24-29(27,28)20-15-17(7-10-19(20)22)21(26)23-11-4-14-25-12-2-3-13-25/h5-10,15,24H,2-4,11-14H2,1H3,(H,23,26). The maximum absolute atomic E-state index is 12.8. The first-order valence-corrected chi connectivity index (χ1v) is 11.6. The van der Waals surface area contributed by atoms with Crippen LogP contribution in [0, 0.1) is 6.92 Å². The quantitative estimate of drug-likeness (QED) is 0.620. The molecule has 0 aliphatic carbocycles. The predicted molar refractivity (Wildman–Crippen MR) is 116 cm³/mol. The van der Waals surface area contributed by atoms with E-state index in [-0.39, 0.29) is 21.4 Å². The van der Waals surface area contributed by atoms with E-state index in [1.54, 1.807) is 12.1 Å². The summed E-state index contributed by atoms with van der Waals surface area (Å²) in [6, 6.07) is 11.3. The largest absolute Gasteiger partial charge is 0.352 e. The van der Waals surface area contributed by atoms with E-state index in [0.717, 1.165) is 31.6 Å². The summed E-state index contributed by atoms with van der Waals surface area (Å²) < 4.78 is 28.0. The summed E-state index contributed by atoms with van der Waals surface area (Å²) in [5.41, 5.74) is 1.72. The highest BCUT2D eigenvalue weighted by molar-refractivity contribution is 7.92. The molecule has 6 nitrogen and oxygen atoms in total. The molecular formula is C21H26ClN3O3S. The second-order valence-electron chi connectivity index (χ2n) is 7.27. The maximum atomic E-state index is 12.8. The predicted octanol–water partition coefficient (Wildman–Crippen LogP) is 3.66. The summed E-state index contributed by atoms with van der Waals surface area (Å²) in [6.07, 6.45) is 3.34. The van der Waals surface area contributed by atoms with E-state index in [9.17, 15) is 13.2 Å². The van der Waals surface area contributed by atoms with Gasteiger partial charge in [0, 0.05) is 17.8 Å². The van der Waals surface area contributed by atoms with Gasteiger partial charge in [0.15, 0.2) is 0 Å². The number of carbonyl (C=O) groups excluding carboxylic acids is 1. The molecule has 0 atom stereocenters. The molecule has 1 heterocycles. The fourth-order valence-electron chi connectivity index (χ4n) is 3.30. The summed E-state index contributed by atoms with van der Waals surface area (Å²) >= 11 is 6.12. The number of nitrogens with zero attached hydrogens (tertiary/aromatic N) is 1. The molecular weight excluding hydrogens is 410 g/mol. The van der Waals surface area contributed by atoms with Crippen molar-refractivity contribution in [2.75, 3.05) is 30.9 Å². The van der Waals surface area contributed by atoms with Gasteiger partial charge in [0.25, 0.3) is 15.9 Å². The molecule has 29 heavy (non-hydrogen) atoms. The zero-order valence-corrected chi connectivity index (χ0v) is 18.0. The zero-order valence-electron chi connectivity index (χ0n) is 16.4. The maximum Gasteiger partial charge on any atom is 0.263 e. The minimum atomic E-state index is -3.92. The van der Waals surface area contributed by atoms with E-state index >= 15 is 0 Å². The molecule has 0 spiro atoms. The molecule has 0 aromatic heterocycles. The van der Waals surface area contributed by atoms with Crippen LogP contribution < -0.4 is 10.0 Å². The van der Waals surface area contributed by atoms with Gasteiger partial charge in [-0.1, -0.05) is 29.3 Å². The Balaban J connectivity index is 1.64. The molecule has 0 radical (unpaired) electrons. The van der Waals surface area contributed by atoms with Crippen LogP contribution in [0.2, 0.25) is 5.02 Å². The van der Waals surface area contributed by atoms with Gasteiger partial charge in [0.1, 0.15) is 4.90 Å². The molecule has 2 aromatic rings. The highest BCUT2D eigenvalue weighted by Gasteiger charge is 2.20. The highest BCUT2D eigenvalue weighted by atomic mass is 35.5. The Morgan fingerprint density at radius 1 is 1.10 bits per heavy atom. The Labute approximate surface area is 177 Å². The molecule has 1 aliphatic heterocycles. The third kappa shape index (κ3) is 5.95.